The maximum atomic E-state index is 10.2. The first-order valence-corrected chi connectivity index (χ1v) is 2.38. The molecule has 9 heavy (non-hydrogen) atoms. The van der Waals surface area contributed by atoms with E-state index in [0.717, 1.165) is 4.57 Å². The maximum Gasteiger partial charge on any atom is 0.417 e. The molecule has 1 aromatic rings. The lowest BCUT2D eigenvalue weighted by atomic mass is 10.6. The second kappa shape index (κ2) is 1.81. The highest BCUT2D eigenvalue weighted by Gasteiger charge is 2.00. The van der Waals surface area contributed by atoms with Gasteiger partial charge in [-0.25, -0.2) is 9.36 Å². The quantitative estimate of drug-likeness (QED) is 0.534. The second-order valence-corrected chi connectivity index (χ2v) is 1.59. The maximum absolute atomic E-state index is 10.2. The van der Waals surface area contributed by atoms with Crippen molar-refractivity contribution in [1.29, 1.82) is 0 Å². The van der Waals surface area contributed by atoms with Crippen LogP contribution in [0, 0.1) is 0 Å². The first-order chi connectivity index (χ1) is 4.22. The van der Waals surface area contributed by atoms with Crippen molar-refractivity contribution in [2.75, 3.05) is 5.73 Å². The van der Waals surface area contributed by atoms with E-state index in [2.05, 4.69) is 0 Å². The van der Waals surface area contributed by atoms with Crippen LogP contribution in [0.4, 0.5) is 10.6 Å². The molecule has 0 fully saturated rings. The summed E-state index contributed by atoms with van der Waals surface area (Å²) in [4.78, 5) is 10.2. The lowest BCUT2D eigenvalue weighted by molar-refractivity contribution is 0.197. The molecule has 0 saturated carbocycles. The van der Waals surface area contributed by atoms with E-state index in [4.69, 9.17) is 10.8 Å². The minimum absolute atomic E-state index is 0.238. The van der Waals surface area contributed by atoms with Gasteiger partial charge in [-0.1, -0.05) is 0 Å². The van der Waals surface area contributed by atoms with Crippen molar-refractivity contribution in [2.24, 2.45) is 0 Å². The molecule has 1 aromatic heterocycles. The minimum atomic E-state index is -1.06. The number of aromatic nitrogens is 1. The van der Waals surface area contributed by atoms with Crippen molar-refractivity contribution in [1.82, 2.24) is 4.57 Å². The van der Waals surface area contributed by atoms with Crippen LogP contribution in [0.2, 0.25) is 0 Å². The van der Waals surface area contributed by atoms with E-state index in [1.807, 2.05) is 0 Å². The van der Waals surface area contributed by atoms with E-state index in [9.17, 15) is 4.79 Å². The van der Waals surface area contributed by atoms with Gasteiger partial charge in [-0.15, -0.1) is 0 Å². The van der Waals surface area contributed by atoms with Crippen LogP contribution in [0.5, 0.6) is 0 Å². The van der Waals surface area contributed by atoms with Crippen molar-refractivity contribution in [2.45, 2.75) is 0 Å². The fraction of sp³-hybridized carbons (Fsp3) is 0. The SMILES string of the molecule is Nc1cccn1C(=O)O. The molecule has 0 amide bonds. The fourth-order valence-electron chi connectivity index (χ4n) is 0.568. The zero-order chi connectivity index (χ0) is 6.85. The third-order valence-electron chi connectivity index (χ3n) is 0.986. The van der Waals surface area contributed by atoms with Gasteiger partial charge in [0.15, 0.2) is 0 Å². The van der Waals surface area contributed by atoms with E-state index in [1.54, 1.807) is 6.07 Å². The summed E-state index contributed by atoms with van der Waals surface area (Å²) in [6.45, 7) is 0. The molecule has 0 atom stereocenters. The fourth-order valence-corrected chi connectivity index (χ4v) is 0.568. The van der Waals surface area contributed by atoms with Gasteiger partial charge in [-0.2, -0.15) is 0 Å². The highest BCUT2D eigenvalue weighted by Crippen LogP contribution is 2.01. The number of carboxylic acid groups (broad SMARTS) is 1. The number of hydrogen-bond acceptors (Lipinski definition) is 2. The molecular formula is C5H6N2O2. The summed E-state index contributed by atoms with van der Waals surface area (Å²) in [5.74, 6) is 0.238. The number of nitrogens with two attached hydrogens (primary N) is 1. The van der Waals surface area contributed by atoms with Crippen LogP contribution in [0.15, 0.2) is 18.3 Å². The molecule has 0 spiro atoms. The van der Waals surface area contributed by atoms with Gasteiger partial charge in [0, 0.05) is 6.20 Å². The zero-order valence-electron chi connectivity index (χ0n) is 4.61. The molecule has 0 bridgehead atoms. The first-order valence-electron chi connectivity index (χ1n) is 2.38. The van der Waals surface area contributed by atoms with Gasteiger partial charge >= 0.3 is 6.09 Å². The summed E-state index contributed by atoms with van der Waals surface area (Å²) in [6, 6.07) is 3.09. The number of anilines is 1. The van der Waals surface area contributed by atoms with Crippen LogP contribution in [0.25, 0.3) is 0 Å². The van der Waals surface area contributed by atoms with Crippen LogP contribution < -0.4 is 5.73 Å². The molecule has 4 nitrogen and oxygen atoms in total. The van der Waals surface area contributed by atoms with Crippen molar-refractivity contribution in [3.05, 3.63) is 18.3 Å². The Labute approximate surface area is 51.5 Å². The molecule has 4 heteroatoms. The zero-order valence-corrected chi connectivity index (χ0v) is 4.61. The molecule has 0 radical (unpaired) electrons. The van der Waals surface area contributed by atoms with Crippen molar-refractivity contribution in [3.8, 4) is 0 Å². The number of hydrogen-bond donors (Lipinski definition) is 2. The Morgan fingerprint density at radius 3 is 2.67 bits per heavy atom. The van der Waals surface area contributed by atoms with E-state index >= 15 is 0 Å². The predicted octanol–water partition coefficient (Wildman–Crippen LogP) is 0.596. The summed E-state index contributed by atoms with van der Waals surface area (Å²) in [6.07, 6.45) is 0.329. The standard InChI is InChI=1S/C5H6N2O2/c6-4-2-1-3-7(4)5(8)9/h1-3H,6H2,(H,8,9). The molecule has 48 valence electrons. The van der Waals surface area contributed by atoms with Crippen molar-refractivity contribution < 1.29 is 9.90 Å². The number of rotatable bonds is 0. The van der Waals surface area contributed by atoms with Gasteiger partial charge in [0.2, 0.25) is 0 Å². The summed E-state index contributed by atoms with van der Waals surface area (Å²) in [5, 5.41) is 8.34. The molecule has 0 aromatic carbocycles. The Hall–Kier alpha value is -1.45. The topological polar surface area (TPSA) is 68.2 Å². The summed E-state index contributed by atoms with van der Waals surface area (Å²) < 4.78 is 0.944. The van der Waals surface area contributed by atoms with Crippen LogP contribution in [-0.2, 0) is 0 Å². The van der Waals surface area contributed by atoms with Crippen LogP contribution in [0.1, 0.15) is 0 Å². The molecular weight excluding hydrogens is 120 g/mol. The molecule has 0 unspecified atom stereocenters. The van der Waals surface area contributed by atoms with Gasteiger partial charge < -0.3 is 10.8 Å². The van der Waals surface area contributed by atoms with E-state index in [-0.39, 0.29) is 5.82 Å². The normalized spacial score (nSPS) is 9.33. The van der Waals surface area contributed by atoms with Gasteiger partial charge in [-0.05, 0) is 12.1 Å². The molecule has 0 aliphatic carbocycles. The molecule has 1 rings (SSSR count). The average molecular weight is 126 g/mol. The van der Waals surface area contributed by atoms with Gasteiger partial charge in [-0.3, -0.25) is 0 Å². The van der Waals surface area contributed by atoms with Crippen molar-refractivity contribution >= 4 is 11.9 Å². The third kappa shape index (κ3) is 0.861. The highest BCUT2D eigenvalue weighted by atomic mass is 16.4. The molecule has 0 saturated heterocycles. The Morgan fingerprint density at radius 1 is 1.78 bits per heavy atom. The van der Waals surface area contributed by atoms with Crippen LogP contribution in [-0.4, -0.2) is 15.8 Å². The summed E-state index contributed by atoms with van der Waals surface area (Å²) >= 11 is 0. The van der Waals surface area contributed by atoms with Crippen molar-refractivity contribution in [3.63, 3.8) is 0 Å². The highest BCUT2D eigenvalue weighted by molar-refractivity contribution is 5.72. The lowest BCUT2D eigenvalue weighted by Crippen LogP contribution is -2.08. The Bertz CT molecular complexity index is 229. The summed E-state index contributed by atoms with van der Waals surface area (Å²) in [7, 11) is 0. The number of carbonyl (C=O) groups is 1. The first kappa shape index (κ1) is 5.68. The predicted molar refractivity (Wildman–Crippen MR) is 32.3 cm³/mol. The minimum Gasteiger partial charge on any atom is -0.464 e. The van der Waals surface area contributed by atoms with Gasteiger partial charge in [0.05, 0.1) is 0 Å². The lowest BCUT2D eigenvalue weighted by Gasteiger charge is -1.94. The summed E-state index contributed by atoms with van der Waals surface area (Å²) in [5.41, 5.74) is 5.22. The third-order valence-corrected chi connectivity index (χ3v) is 0.986. The molecule has 0 aliphatic rings. The number of nitrogens with zero attached hydrogens (tertiary/aromatic N) is 1. The Balaban J connectivity index is 3.08. The molecule has 0 aliphatic heterocycles. The van der Waals surface area contributed by atoms with Crippen LogP contribution in [0.3, 0.4) is 0 Å². The average Bonchev–Trinajstić information content (AvgIpc) is 2.13. The number of nitrogen functional groups attached to an aromatic ring is 1. The van der Waals surface area contributed by atoms with Crippen LogP contribution >= 0.6 is 0 Å². The van der Waals surface area contributed by atoms with Gasteiger partial charge in [0.25, 0.3) is 0 Å². The largest absolute Gasteiger partial charge is 0.464 e. The molecule has 3 N–H and O–H groups in total. The van der Waals surface area contributed by atoms with E-state index < -0.39 is 6.09 Å². The van der Waals surface area contributed by atoms with Gasteiger partial charge in [0.1, 0.15) is 5.82 Å². The smallest absolute Gasteiger partial charge is 0.417 e. The monoisotopic (exact) mass is 126 g/mol. The van der Waals surface area contributed by atoms with E-state index in [0.29, 0.717) is 0 Å². The Kier molecular flexibility index (Phi) is 1.14. The molecule has 1 heterocycles. The Morgan fingerprint density at radius 2 is 2.44 bits per heavy atom. The van der Waals surface area contributed by atoms with E-state index in [1.165, 1.54) is 12.3 Å². The second-order valence-electron chi connectivity index (χ2n) is 1.59.